The topological polar surface area (TPSA) is 76.1 Å². The Morgan fingerprint density at radius 1 is 1.62 bits per heavy atom. The summed E-state index contributed by atoms with van der Waals surface area (Å²) in [5, 5.41) is 15.8. The van der Waals surface area contributed by atoms with Crippen molar-refractivity contribution >= 4 is 11.5 Å². The van der Waals surface area contributed by atoms with E-state index in [0.717, 1.165) is 25.2 Å². The minimum atomic E-state index is 0.235. The van der Waals surface area contributed by atoms with Gasteiger partial charge in [-0.05, 0) is 12.8 Å². The summed E-state index contributed by atoms with van der Waals surface area (Å²) in [7, 11) is 1.83. The molecule has 0 spiro atoms. The fourth-order valence-electron chi connectivity index (χ4n) is 1.09. The summed E-state index contributed by atoms with van der Waals surface area (Å²) >= 11 is 0. The zero-order valence-corrected chi connectivity index (χ0v) is 7.82. The van der Waals surface area contributed by atoms with Crippen LogP contribution >= 0.6 is 0 Å². The number of aliphatic hydroxyl groups excluding tert-OH is 1. The normalized spacial score (nSPS) is 10.3. The first-order valence-corrected chi connectivity index (χ1v) is 4.38. The van der Waals surface area contributed by atoms with Crippen LogP contribution in [0.5, 0.6) is 0 Å². The number of nitrogen functional groups attached to an aromatic ring is 1. The lowest BCUT2D eigenvalue weighted by molar-refractivity contribution is 0.286. The average Bonchev–Trinajstić information content (AvgIpc) is 2.39. The van der Waals surface area contributed by atoms with Gasteiger partial charge in [0.05, 0.1) is 5.69 Å². The molecule has 74 valence electrons. The molecule has 0 atom stereocenters. The van der Waals surface area contributed by atoms with Crippen LogP contribution in [-0.2, 0) is 7.05 Å². The van der Waals surface area contributed by atoms with Gasteiger partial charge in [-0.3, -0.25) is 4.68 Å². The number of hydrogen-bond donors (Lipinski definition) is 3. The molecular formula is C8H16N4O. The molecule has 4 N–H and O–H groups in total. The van der Waals surface area contributed by atoms with Gasteiger partial charge in [-0.25, -0.2) is 0 Å². The first-order chi connectivity index (χ1) is 6.24. The molecule has 1 rings (SSSR count). The minimum Gasteiger partial charge on any atom is -0.396 e. The van der Waals surface area contributed by atoms with Crippen molar-refractivity contribution in [2.24, 2.45) is 7.05 Å². The fourth-order valence-corrected chi connectivity index (χ4v) is 1.09. The molecule has 0 aromatic carbocycles. The second-order valence-corrected chi connectivity index (χ2v) is 2.96. The monoisotopic (exact) mass is 184 g/mol. The van der Waals surface area contributed by atoms with Gasteiger partial charge < -0.3 is 16.2 Å². The predicted octanol–water partition coefficient (Wildman–Crippen LogP) is 0.187. The fraction of sp³-hybridized carbons (Fsp3) is 0.625. The summed E-state index contributed by atoms with van der Waals surface area (Å²) in [5.74, 6) is 0.723. The van der Waals surface area contributed by atoms with E-state index in [0.29, 0.717) is 5.69 Å². The SMILES string of the molecule is Cn1cc(N)c(NCCCCO)n1. The molecule has 0 amide bonds. The Kier molecular flexibility index (Phi) is 3.57. The Bertz CT molecular complexity index is 259. The van der Waals surface area contributed by atoms with Gasteiger partial charge in [-0.1, -0.05) is 0 Å². The molecule has 5 nitrogen and oxygen atoms in total. The van der Waals surface area contributed by atoms with Gasteiger partial charge in [-0.15, -0.1) is 0 Å². The van der Waals surface area contributed by atoms with Crippen molar-refractivity contribution in [2.75, 3.05) is 24.2 Å². The van der Waals surface area contributed by atoms with Gasteiger partial charge >= 0.3 is 0 Å². The molecule has 0 bridgehead atoms. The molecule has 0 aliphatic rings. The van der Waals surface area contributed by atoms with E-state index in [9.17, 15) is 0 Å². The van der Waals surface area contributed by atoms with Crippen LogP contribution in [0.3, 0.4) is 0 Å². The maximum atomic E-state index is 8.55. The Balaban J connectivity index is 2.32. The van der Waals surface area contributed by atoms with E-state index in [1.807, 2.05) is 7.05 Å². The number of hydrogen-bond acceptors (Lipinski definition) is 4. The largest absolute Gasteiger partial charge is 0.396 e. The van der Waals surface area contributed by atoms with E-state index in [4.69, 9.17) is 10.8 Å². The van der Waals surface area contributed by atoms with Crippen molar-refractivity contribution < 1.29 is 5.11 Å². The molecule has 0 aliphatic heterocycles. The maximum Gasteiger partial charge on any atom is 0.171 e. The van der Waals surface area contributed by atoms with Crippen LogP contribution in [-0.4, -0.2) is 28.0 Å². The number of nitrogens with zero attached hydrogens (tertiary/aromatic N) is 2. The highest BCUT2D eigenvalue weighted by Crippen LogP contribution is 2.13. The van der Waals surface area contributed by atoms with Gasteiger partial charge in [0.15, 0.2) is 5.82 Å². The molecule has 0 radical (unpaired) electrons. The number of nitrogens with one attached hydrogen (secondary N) is 1. The number of aryl methyl sites for hydroxylation is 1. The van der Waals surface area contributed by atoms with E-state index in [1.165, 1.54) is 0 Å². The molecule has 5 heteroatoms. The van der Waals surface area contributed by atoms with Crippen molar-refractivity contribution in [3.05, 3.63) is 6.20 Å². The van der Waals surface area contributed by atoms with Crippen molar-refractivity contribution in [3.8, 4) is 0 Å². The number of unbranched alkanes of at least 4 members (excludes halogenated alkanes) is 1. The lowest BCUT2D eigenvalue weighted by Crippen LogP contribution is -2.04. The highest BCUT2D eigenvalue weighted by Gasteiger charge is 2.01. The Hall–Kier alpha value is -1.23. The zero-order chi connectivity index (χ0) is 9.68. The molecule has 13 heavy (non-hydrogen) atoms. The number of nitrogens with two attached hydrogens (primary N) is 1. The molecule has 0 saturated heterocycles. The molecular weight excluding hydrogens is 168 g/mol. The lowest BCUT2D eigenvalue weighted by atomic mass is 10.3. The summed E-state index contributed by atoms with van der Waals surface area (Å²) in [6, 6.07) is 0. The van der Waals surface area contributed by atoms with Crippen molar-refractivity contribution in [3.63, 3.8) is 0 Å². The van der Waals surface area contributed by atoms with Crippen LogP contribution in [0, 0.1) is 0 Å². The lowest BCUT2D eigenvalue weighted by Gasteiger charge is -2.01. The second-order valence-electron chi connectivity index (χ2n) is 2.96. The van der Waals surface area contributed by atoms with Crippen LogP contribution in [0.1, 0.15) is 12.8 Å². The van der Waals surface area contributed by atoms with E-state index >= 15 is 0 Å². The summed E-state index contributed by atoms with van der Waals surface area (Å²) in [6.45, 7) is 1.03. The van der Waals surface area contributed by atoms with Gasteiger partial charge in [0, 0.05) is 26.4 Å². The molecule has 1 aromatic rings. The Morgan fingerprint density at radius 3 is 2.92 bits per heavy atom. The Labute approximate surface area is 77.5 Å². The zero-order valence-electron chi connectivity index (χ0n) is 7.82. The van der Waals surface area contributed by atoms with Gasteiger partial charge in [0.25, 0.3) is 0 Å². The standard InChI is InChI=1S/C8H16N4O/c1-12-6-7(9)8(11-12)10-4-2-3-5-13/h6,13H,2-5,9H2,1H3,(H,10,11). The van der Waals surface area contributed by atoms with Crippen LogP contribution in [0.15, 0.2) is 6.20 Å². The summed E-state index contributed by atoms with van der Waals surface area (Å²) in [4.78, 5) is 0. The van der Waals surface area contributed by atoms with E-state index in [2.05, 4.69) is 10.4 Å². The third-order valence-electron chi connectivity index (χ3n) is 1.73. The smallest absolute Gasteiger partial charge is 0.171 e. The third-order valence-corrected chi connectivity index (χ3v) is 1.73. The van der Waals surface area contributed by atoms with Gasteiger partial charge in [-0.2, -0.15) is 5.10 Å². The Morgan fingerprint density at radius 2 is 2.38 bits per heavy atom. The third kappa shape index (κ3) is 2.95. The summed E-state index contributed by atoms with van der Waals surface area (Å²) in [6.07, 6.45) is 3.49. The van der Waals surface area contributed by atoms with Crippen LogP contribution in [0.4, 0.5) is 11.5 Å². The second kappa shape index (κ2) is 4.71. The highest BCUT2D eigenvalue weighted by molar-refractivity contribution is 5.59. The highest BCUT2D eigenvalue weighted by atomic mass is 16.2. The van der Waals surface area contributed by atoms with Crippen LogP contribution in [0.2, 0.25) is 0 Å². The molecule has 0 fully saturated rings. The van der Waals surface area contributed by atoms with E-state index in [1.54, 1.807) is 10.9 Å². The number of aromatic nitrogens is 2. The molecule has 0 unspecified atom stereocenters. The number of anilines is 2. The maximum absolute atomic E-state index is 8.55. The molecule has 1 heterocycles. The van der Waals surface area contributed by atoms with E-state index < -0.39 is 0 Å². The number of aliphatic hydroxyl groups is 1. The molecule has 1 aromatic heterocycles. The minimum absolute atomic E-state index is 0.235. The van der Waals surface area contributed by atoms with Crippen molar-refractivity contribution in [1.82, 2.24) is 9.78 Å². The van der Waals surface area contributed by atoms with Crippen LogP contribution in [0.25, 0.3) is 0 Å². The van der Waals surface area contributed by atoms with Crippen molar-refractivity contribution in [2.45, 2.75) is 12.8 Å². The molecule has 0 aliphatic carbocycles. The quantitative estimate of drug-likeness (QED) is 0.571. The van der Waals surface area contributed by atoms with Gasteiger partial charge in [0.1, 0.15) is 0 Å². The van der Waals surface area contributed by atoms with Crippen molar-refractivity contribution in [1.29, 1.82) is 0 Å². The summed E-state index contributed by atoms with van der Waals surface area (Å²) < 4.78 is 1.67. The predicted molar refractivity (Wildman–Crippen MR) is 52.4 cm³/mol. The molecule has 0 saturated carbocycles. The van der Waals surface area contributed by atoms with E-state index in [-0.39, 0.29) is 6.61 Å². The van der Waals surface area contributed by atoms with Crippen LogP contribution < -0.4 is 11.1 Å². The first-order valence-electron chi connectivity index (χ1n) is 4.38. The van der Waals surface area contributed by atoms with Gasteiger partial charge in [0.2, 0.25) is 0 Å². The summed E-state index contributed by atoms with van der Waals surface area (Å²) in [5.41, 5.74) is 6.32. The number of rotatable bonds is 5. The first kappa shape index (κ1) is 9.85. The average molecular weight is 184 g/mol.